The van der Waals surface area contributed by atoms with Crippen LogP contribution in [0.2, 0.25) is 6.32 Å². The monoisotopic (exact) mass is 241 g/mol. The predicted molar refractivity (Wildman–Crippen MR) is 75.3 cm³/mol. The van der Waals surface area contributed by atoms with Crippen LogP contribution < -0.4 is 5.32 Å². The molecule has 3 N–H and O–H groups in total. The van der Waals surface area contributed by atoms with E-state index in [1.165, 1.54) is 20.6 Å². The molecule has 0 saturated heterocycles. The lowest BCUT2D eigenvalue weighted by atomic mass is 9.27. The van der Waals surface area contributed by atoms with E-state index in [1.54, 1.807) is 6.92 Å². The van der Waals surface area contributed by atoms with E-state index >= 15 is 0 Å². The minimum absolute atomic E-state index is 0.121. The van der Waals surface area contributed by atoms with Crippen molar-refractivity contribution in [2.24, 2.45) is 0 Å². The van der Waals surface area contributed by atoms with E-state index in [1.807, 2.05) is 0 Å². The molecule has 0 fully saturated rings. The summed E-state index contributed by atoms with van der Waals surface area (Å²) in [5.41, 5.74) is 0. The fourth-order valence-electron chi connectivity index (χ4n) is 1.18. The third kappa shape index (κ3) is 15.1. The summed E-state index contributed by atoms with van der Waals surface area (Å²) in [7, 11) is 4.94. The van der Waals surface area contributed by atoms with Gasteiger partial charge in [0.05, 0.1) is 22.0 Å². The highest BCUT2D eigenvalue weighted by atomic mass is 16.4. The molecular weight excluding hydrogens is 219 g/mol. The van der Waals surface area contributed by atoms with Gasteiger partial charge >= 0.3 is 11.9 Å². The first-order valence-corrected chi connectivity index (χ1v) is 6.17. The van der Waals surface area contributed by atoms with Gasteiger partial charge in [-0.3, -0.25) is 9.59 Å². The second kappa shape index (κ2) is 13.2. The second-order valence-corrected chi connectivity index (χ2v) is 3.73. The first-order chi connectivity index (χ1) is 7.99. The smallest absolute Gasteiger partial charge is 0.320 e. The van der Waals surface area contributed by atoms with Crippen LogP contribution in [0.4, 0.5) is 0 Å². The lowest BCUT2D eigenvalue weighted by Crippen LogP contribution is -2.36. The van der Waals surface area contributed by atoms with Crippen LogP contribution in [0.25, 0.3) is 0 Å². The number of likely N-dealkylation sites (N-methyl/N-ethyl adjacent to an activating group) is 1. The van der Waals surface area contributed by atoms with Crippen LogP contribution in [0.5, 0.6) is 0 Å². The molecule has 0 spiro atoms. The van der Waals surface area contributed by atoms with Crippen molar-refractivity contribution < 1.29 is 19.8 Å². The SMILES string of the molecule is BBBCC.CCNC(CCC(=O)O)C(=O)O. The highest BCUT2D eigenvalue weighted by Gasteiger charge is 2.16. The third-order valence-electron chi connectivity index (χ3n) is 2.10. The molecule has 0 radical (unpaired) electrons. The zero-order valence-electron chi connectivity index (χ0n) is 11.0. The minimum atomic E-state index is -1.00. The number of carboxylic acid groups (broad SMARTS) is 2. The van der Waals surface area contributed by atoms with Gasteiger partial charge in [-0.1, -0.05) is 20.2 Å². The third-order valence-corrected chi connectivity index (χ3v) is 2.10. The topological polar surface area (TPSA) is 86.6 Å². The number of aliphatic carboxylic acids is 2. The molecule has 0 amide bonds. The molecule has 1 atom stereocenters. The largest absolute Gasteiger partial charge is 0.481 e. The summed E-state index contributed by atoms with van der Waals surface area (Å²) in [5.74, 6) is -1.97. The maximum atomic E-state index is 10.4. The van der Waals surface area contributed by atoms with Crippen LogP contribution in [0.3, 0.4) is 0 Å². The maximum Gasteiger partial charge on any atom is 0.320 e. The van der Waals surface area contributed by atoms with Crippen LogP contribution in [0.15, 0.2) is 0 Å². The zero-order valence-corrected chi connectivity index (χ0v) is 11.0. The molecule has 0 aromatic carbocycles. The van der Waals surface area contributed by atoms with Crippen molar-refractivity contribution in [2.45, 2.75) is 39.1 Å². The molecule has 0 aromatic rings. The van der Waals surface area contributed by atoms with Gasteiger partial charge in [-0.15, -0.1) is 0 Å². The molecule has 17 heavy (non-hydrogen) atoms. The summed E-state index contributed by atoms with van der Waals surface area (Å²) < 4.78 is 0. The second-order valence-electron chi connectivity index (χ2n) is 3.73. The number of rotatable bonds is 8. The molecule has 0 aliphatic heterocycles. The number of hydrogen-bond acceptors (Lipinski definition) is 3. The van der Waals surface area contributed by atoms with Crippen molar-refractivity contribution in [3.05, 3.63) is 0 Å². The summed E-state index contributed by atoms with van der Waals surface area (Å²) in [6, 6.07) is -0.744. The molecule has 8 heteroatoms. The number of carboxylic acids is 2. The van der Waals surface area contributed by atoms with Gasteiger partial charge in [0.15, 0.2) is 0 Å². The Morgan fingerprint density at radius 3 is 2.18 bits per heavy atom. The average Bonchev–Trinajstić information content (AvgIpc) is 2.25. The van der Waals surface area contributed by atoms with E-state index in [9.17, 15) is 9.59 Å². The van der Waals surface area contributed by atoms with Crippen LogP contribution >= 0.6 is 0 Å². The van der Waals surface area contributed by atoms with Crippen LogP contribution in [0.1, 0.15) is 26.7 Å². The Hall–Kier alpha value is -0.905. The van der Waals surface area contributed by atoms with Gasteiger partial charge in [0.25, 0.3) is 0 Å². The number of nitrogens with one attached hydrogen (secondary N) is 1. The number of hydrogen-bond donors (Lipinski definition) is 3. The van der Waals surface area contributed by atoms with E-state index in [0.717, 1.165) is 0 Å². The van der Waals surface area contributed by atoms with Gasteiger partial charge in [0.2, 0.25) is 0 Å². The molecule has 5 nitrogen and oxygen atoms in total. The van der Waals surface area contributed by atoms with Crippen molar-refractivity contribution in [3.8, 4) is 0 Å². The normalized spacial score (nSPS) is 10.7. The van der Waals surface area contributed by atoms with Crippen molar-refractivity contribution in [3.63, 3.8) is 0 Å². The fraction of sp³-hybridized carbons (Fsp3) is 0.778. The molecule has 0 aromatic heterocycles. The maximum absolute atomic E-state index is 10.4. The Labute approximate surface area is 105 Å². The first-order valence-electron chi connectivity index (χ1n) is 6.17. The van der Waals surface area contributed by atoms with Crippen LogP contribution in [0, 0.1) is 0 Å². The quantitative estimate of drug-likeness (QED) is 0.458. The molecule has 0 bridgehead atoms. The van der Waals surface area contributed by atoms with Gasteiger partial charge in [0, 0.05) is 6.42 Å². The molecule has 0 aliphatic rings. The first kappa shape index (κ1) is 18.5. The van der Waals surface area contributed by atoms with E-state index in [0.29, 0.717) is 6.54 Å². The van der Waals surface area contributed by atoms with Gasteiger partial charge in [-0.2, -0.15) is 0 Å². The Morgan fingerprint density at radius 2 is 1.94 bits per heavy atom. The Bertz CT molecular complexity index is 214. The molecular formula is C9H22B3NO4. The zero-order chi connectivity index (χ0) is 13.7. The Morgan fingerprint density at radius 1 is 1.35 bits per heavy atom. The van der Waals surface area contributed by atoms with Gasteiger partial charge in [-0.05, 0) is 13.0 Å². The van der Waals surface area contributed by atoms with Gasteiger partial charge < -0.3 is 15.5 Å². The van der Waals surface area contributed by atoms with E-state index in [2.05, 4.69) is 20.0 Å². The summed E-state index contributed by atoms with van der Waals surface area (Å²) in [4.78, 5) is 20.6. The van der Waals surface area contributed by atoms with E-state index in [-0.39, 0.29) is 12.8 Å². The average molecular weight is 241 g/mol. The van der Waals surface area contributed by atoms with Gasteiger partial charge in [-0.25, -0.2) is 0 Å². The molecule has 0 heterocycles. The summed E-state index contributed by atoms with van der Waals surface area (Å²) in [5, 5.41) is 19.5. The number of carbonyl (C=O) groups is 2. The standard InChI is InChI=1S/C7H13NO4.C2H9B3/c1-2-8-5(7(11)12)3-4-6(9)10;1-2-4-5-3/h5,8H,2-4H2,1H3,(H,9,10)(H,11,12);4-5H,2-3H2,1H3. The minimum Gasteiger partial charge on any atom is -0.481 e. The molecule has 96 valence electrons. The highest BCUT2D eigenvalue weighted by Crippen LogP contribution is 1.97. The van der Waals surface area contributed by atoms with E-state index in [4.69, 9.17) is 10.2 Å². The molecule has 1 unspecified atom stereocenters. The van der Waals surface area contributed by atoms with Gasteiger partial charge in [0.1, 0.15) is 6.04 Å². The van der Waals surface area contributed by atoms with Crippen molar-refractivity contribution in [1.29, 1.82) is 0 Å². The van der Waals surface area contributed by atoms with Crippen LogP contribution in [-0.4, -0.2) is 56.7 Å². The predicted octanol–water partition coefficient (Wildman–Crippen LogP) is -1.33. The highest BCUT2D eigenvalue weighted by molar-refractivity contribution is 7.23. The Balaban J connectivity index is 0. The molecule has 0 saturated carbocycles. The molecule has 0 rings (SSSR count). The van der Waals surface area contributed by atoms with Crippen molar-refractivity contribution in [2.75, 3.05) is 6.54 Å². The Kier molecular flexibility index (Phi) is 14.3. The lowest BCUT2D eigenvalue weighted by molar-refractivity contribution is -0.140. The van der Waals surface area contributed by atoms with E-state index < -0.39 is 18.0 Å². The summed E-state index contributed by atoms with van der Waals surface area (Å²) in [6.07, 6.45) is 1.35. The summed E-state index contributed by atoms with van der Waals surface area (Å²) in [6.45, 7) is 4.51. The van der Waals surface area contributed by atoms with Crippen molar-refractivity contribution >= 4 is 33.9 Å². The van der Waals surface area contributed by atoms with Crippen molar-refractivity contribution in [1.82, 2.24) is 5.32 Å². The fourth-order valence-corrected chi connectivity index (χ4v) is 1.18. The van der Waals surface area contributed by atoms with Crippen LogP contribution in [-0.2, 0) is 9.59 Å². The summed E-state index contributed by atoms with van der Waals surface area (Å²) >= 11 is 0. The molecule has 0 aliphatic carbocycles. The lowest BCUT2D eigenvalue weighted by Gasteiger charge is -2.10.